The van der Waals surface area contributed by atoms with Gasteiger partial charge < -0.3 is 0 Å². The molecule has 0 nitrogen and oxygen atoms in total. The minimum Gasteiger partial charge on any atom is -0.0991 e. The number of hydrogen-bond donors (Lipinski definition) is 0. The highest BCUT2D eigenvalue weighted by molar-refractivity contribution is 5.13. The second kappa shape index (κ2) is 7.15. The number of hydrogen-bond acceptors (Lipinski definition) is 0. The van der Waals surface area contributed by atoms with E-state index in [1.165, 1.54) is 25.7 Å². The SMILES string of the molecule is C=CC=C(CC)C(CC)CCC. The second-order valence-corrected chi connectivity index (χ2v) is 3.22. The van der Waals surface area contributed by atoms with Gasteiger partial charge in [0.05, 0.1) is 0 Å². The van der Waals surface area contributed by atoms with E-state index in [2.05, 4.69) is 33.4 Å². The first-order valence-electron chi connectivity index (χ1n) is 5.11. The Morgan fingerprint density at radius 2 is 2.00 bits per heavy atom. The van der Waals surface area contributed by atoms with Crippen molar-refractivity contribution in [1.29, 1.82) is 0 Å². The van der Waals surface area contributed by atoms with Crippen LogP contribution in [0, 0.1) is 5.92 Å². The zero-order chi connectivity index (χ0) is 9.40. The van der Waals surface area contributed by atoms with Gasteiger partial charge in [0, 0.05) is 0 Å². The maximum absolute atomic E-state index is 3.75. The van der Waals surface area contributed by atoms with E-state index in [1.807, 2.05) is 6.08 Å². The van der Waals surface area contributed by atoms with Crippen molar-refractivity contribution in [3.05, 3.63) is 24.3 Å². The first-order valence-corrected chi connectivity index (χ1v) is 5.11. The Morgan fingerprint density at radius 3 is 2.33 bits per heavy atom. The Labute approximate surface area is 77.4 Å². The summed E-state index contributed by atoms with van der Waals surface area (Å²) >= 11 is 0. The largest absolute Gasteiger partial charge is 0.0991 e. The Bertz CT molecular complexity index is 142. The third kappa shape index (κ3) is 3.75. The van der Waals surface area contributed by atoms with Crippen molar-refractivity contribution in [3.8, 4) is 0 Å². The molecule has 0 spiro atoms. The van der Waals surface area contributed by atoms with Gasteiger partial charge in [-0.1, -0.05) is 51.5 Å². The third-order valence-corrected chi connectivity index (χ3v) is 2.39. The molecule has 1 atom stereocenters. The molecule has 0 N–H and O–H groups in total. The van der Waals surface area contributed by atoms with Crippen LogP contribution >= 0.6 is 0 Å². The van der Waals surface area contributed by atoms with Crippen LogP contribution in [0.2, 0.25) is 0 Å². The maximum atomic E-state index is 3.75. The van der Waals surface area contributed by atoms with Gasteiger partial charge in [0.1, 0.15) is 0 Å². The van der Waals surface area contributed by atoms with Crippen molar-refractivity contribution in [1.82, 2.24) is 0 Å². The van der Waals surface area contributed by atoms with Gasteiger partial charge in [0.15, 0.2) is 0 Å². The highest BCUT2D eigenvalue weighted by Crippen LogP contribution is 2.23. The zero-order valence-corrected chi connectivity index (χ0v) is 8.77. The quantitative estimate of drug-likeness (QED) is 0.515. The lowest BCUT2D eigenvalue weighted by Crippen LogP contribution is -2.01. The third-order valence-electron chi connectivity index (χ3n) is 2.39. The standard InChI is InChI=1S/C12H22/c1-5-9-11(7-3)12(8-4)10-6-2/h5,9,12H,1,6-8,10H2,2-4H3. The van der Waals surface area contributed by atoms with Crippen molar-refractivity contribution >= 4 is 0 Å². The molecule has 12 heavy (non-hydrogen) atoms. The Morgan fingerprint density at radius 1 is 1.33 bits per heavy atom. The van der Waals surface area contributed by atoms with Crippen LogP contribution in [0.1, 0.15) is 46.5 Å². The van der Waals surface area contributed by atoms with Crippen LogP contribution in [0.4, 0.5) is 0 Å². The molecule has 0 aliphatic carbocycles. The van der Waals surface area contributed by atoms with E-state index in [9.17, 15) is 0 Å². The van der Waals surface area contributed by atoms with Crippen LogP contribution in [0.3, 0.4) is 0 Å². The lowest BCUT2D eigenvalue weighted by atomic mass is 9.90. The van der Waals surface area contributed by atoms with Crippen molar-refractivity contribution in [2.24, 2.45) is 5.92 Å². The van der Waals surface area contributed by atoms with Gasteiger partial charge in [-0.25, -0.2) is 0 Å². The molecule has 0 aliphatic rings. The molecular weight excluding hydrogens is 144 g/mol. The highest BCUT2D eigenvalue weighted by atomic mass is 14.1. The average Bonchev–Trinajstić information content (AvgIpc) is 2.11. The zero-order valence-electron chi connectivity index (χ0n) is 8.77. The van der Waals surface area contributed by atoms with Crippen LogP contribution in [0.15, 0.2) is 24.3 Å². The van der Waals surface area contributed by atoms with E-state index in [0.29, 0.717) is 0 Å². The van der Waals surface area contributed by atoms with Gasteiger partial charge in [-0.05, 0) is 25.2 Å². The lowest BCUT2D eigenvalue weighted by molar-refractivity contribution is 0.522. The molecule has 0 aromatic heterocycles. The number of allylic oxidation sites excluding steroid dienone is 3. The van der Waals surface area contributed by atoms with Crippen LogP contribution in [-0.2, 0) is 0 Å². The molecule has 1 unspecified atom stereocenters. The van der Waals surface area contributed by atoms with E-state index in [-0.39, 0.29) is 0 Å². The predicted octanol–water partition coefficient (Wildman–Crippen LogP) is 4.34. The lowest BCUT2D eigenvalue weighted by Gasteiger charge is -2.16. The summed E-state index contributed by atoms with van der Waals surface area (Å²) in [6.07, 6.45) is 9.14. The summed E-state index contributed by atoms with van der Waals surface area (Å²) in [5, 5.41) is 0. The van der Waals surface area contributed by atoms with Gasteiger partial charge in [0.2, 0.25) is 0 Å². The summed E-state index contributed by atoms with van der Waals surface area (Å²) in [5.41, 5.74) is 1.56. The molecule has 0 saturated heterocycles. The summed E-state index contributed by atoms with van der Waals surface area (Å²) in [6, 6.07) is 0. The fraction of sp³-hybridized carbons (Fsp3) is 0.667. The average molecular weight is 166 g/mol. The molecule has 0 rings (SSSR count). The molecule has 0 aromatic carbocycles. The first kappa shape index (κ1) is 11.5. The van der Waals surface area contributed by atoms with Crippen molar-refractivity contribution in [2.45, 2.75) is 46.5 Å². The van der Waals surface area contributed by atoms with E-state index in [0.717, 1.165) is 5.92 Å². The topological polar surface area (TPSA) is 0 Å². The second-order valence-electron chi connectivity index (χ2n) is 3.22. The summed E-state index contributed by atoms with van der Waals surface area (Å²) in [5.74, 6) is 0.790. The van der Waals surface area contributed by atoms with E-state index < -0.39 is 0 Å². The molecule has 0 radical (unpaired) electrons. The summed E-state index contributed by atoms with van der Waals surface area (Å²) in [7, 11) is 0. The molecule has 0 aliphatic heterocycles. The minimum atomic E-state index is 0.790. The molecule has 70 valence electrons. The van der Waals surface area contributed by atoms with Crippen LogP contribution in [0.25, 0.3) is 0 Å². The highest BCUT2D eigenvalue weighted by Gasteiger charge is 2.08. The maximum Gasteiger partial charge on any atom is -0.0203 e. The molecule has 0 saturated carbocycles. The van der Waals surface area contributed by atoms with Crippen LogP contribution in [-0.4, -0.2) is 0 Å². The van der Waals surface area contributed by atoms with Crippen molar-refractivity contribution < 1.29 is 0 Å². The molecular formula is C12H22. The summed E-state index contributed by atoms with van der Waals surface area (Å²) < 4.78 is 0. The first-order chi connectivity index (χ1) is 5.79. The smallest absolute Gasteiger partial charge is 0.0203 e. The number of rotatable bonds is 6. The van der Waals surface area contributed by atoms with E-state index in [1.54, 1.807) is 5.57 Å². The summed E-state index contributed by atoms with van der Waals surface area (Å²) in [4.78, 5) is 0. The monoisotopic (exact) mass is 166 g/mol. The summed E-state index contributed by atoms with van der Waals surface area (Å²) in [6.45, 7) is 10.5. The minimum absolute atomic E-state index is 0.790. The normalized spacial score (nSPS) is 14.4. The van der Waals surface area contributed by atoms with Gasteiger partial charge in [-0.2, -0.15) is 0 Å². The van der Waals surface area contributed by atoms with E-state index in [4.69, 9.17) is 0 Å². The van der Waals surface area contributed by atoms with Gasteiger partial charge in [0.25, 0.3) is 0 Å². The Kier molecular flexibility index (Phi) is 6.84. The molecule has 0 heteroatoms. The van der Waals surface area contributed by atoms with Crippen LogP contribution < -0.4 is 0 Å². The Balaban J connectivity index is 4.21. The van der Waals surface area contributed by atoms with E-state index >= 15 is 0 Å². The molecule has 0 fully saturated rings. The molecule has 0 bridgehead atoms. The Hall–Kier alpha value is -0.520. The fourth-order valence-corrected chi connectivity index (χ4v) is 1.69. The van der Waals surface area contributed by atoms with Gasteiger partial charge in [-0.3, -0.25) is 0 Å². The molecule has 0 aromatic rings. The molecule has 0 heterocycles. The van der Waals surface area contributed by atoms with Crippen molar-refractivity contribution in [3.63, 3.8) is 0 Å². The van der Waals surface area contributed by atoms with Gasteiger partial charge >= 0.3 is 0 Å². The predicted molar refractivity (Wildman–Crippen MR) is 57.3 cm³/mol. The molecule has 0 amide bonds. The fourth-order valence-electron chi connectivity index (χ4n) is 1.69. The van der Waals surface area contributed by atoms with Crippen molar-refractivity contribution in [2.75, 3.05) is 0 Å². The van der Waals surface area contributed by atoms with Crippen LogP contribution in [0.5, 0.6) is 0 Å². The van der Waals surface area contributed by atoms with Gasteiger partial charge in [-0.15, -0.1) is 0 Å².